The number of hydrogen-bond acceptors (Lipinski definition) is 5. The zero-order valence-corrected chi connectivity index (χ0v) is 18.7. The molecule has 0 radical (unpaired) electrons. The molecular weight excluding hydrogens is 453 g/mol. The number of nitrogens with zero attached hydrogens (tertiary/aromatic N) is 2. The minimum absolute atomic E-state index is 0.177. The van der Waals surface area contributed by atoms with Gasteiger partial charge in [0, 0.05) is 12.7 Å². The molecule has 0 fully saturated rings. The van der Waals surface area contributed by atoms with Crippen LogP contribution in [0.2, 0.25) is 0 Å². The number of methoxy groups -OCH3 is 1. The first-order valence-electron chi connectivity index (χ1n) is 10.0. The van der Waals surface area contributed by atoms with Crippen molar-refractivity contribution in [2.75, 3.05) is 18.4 Å². The third-order valence-electron chi connectivity index (χ3n) is 5.49. The highest BCUT2D eigenvalue weighted by Crippen LogP contribution is 2.38. The maximum absolute atomic E-state index is 13.0. The van der Waals surface area contributed by atoms with E-state index < -0.39 is 21.6 Å². The maximum Gasteiger partial charge on any atom is 0.416 e. The van der Waals surface area contributed by atoms with Crippen LogP contribution in [0, 0.1) is 0 Å². The maximum atomic E-state index is 13.0. The molecule has 1 aliphatic heterocycles. The lowest BCUT2D eigenvalue weighted by Gasteiger charge is -2.24. The van der Waals surface area contributed by atoms with E-state index in [4.69, 9.17) is 9.84 Å². The van der Waals surface area contributed by atoms with Gasteiger partial charge >= 0.3 is 6.18 Å². The van der Waals surface area contributed by atoms with E-state index >= 15 is 0 Å². The summed E-state index contributed by atoms with van der Waals surface area (Å²) in [6, 6.07) is 18.3. The van der Waals surface area contributed by atoms with Gasteiger partial charge in [-0.1, -0.05) is 12.1 Å². The number of benzene rings is 3. The third-order valence-corrected chi connectivity index (χ3v) is 6.61. The number of alkyl halides is 3. The number of halogens is 3. The Kier molecular flexibility index (Phi) is 5.92. The van der Waals surface area contributed by atoms with E-state index in [2.05, 4.69) is 0 Å². The van der Waals surface area contributed by atoms with Crippen molar-refractivity contribution in [1.82, 2.24) is 0 Å². The van der Waals surface area contributed by atoms with Crippen LogP contribution in [0.15, 0.2) is 82.8 Å². The topological polar surface area (TPSA) is 59.0 Å². The van der Waals surface area contributed by atoms with Gasteiger partial charge in [0.1, 0.15) is 5.75 Å². The number of rotatable bonds is 5. The summed E-state index contributed by atoms with van der Waals surface area (Å²) in [7, 11) is -1.79. The van der Waals surface area contributed by atoms with E-state index in [0.29, 0.717) is 23.4 Å². The highest BCUT2D eigenvalue weighted by molar-refractivity contribution is 7.90. The second-order valence-corrected chi connectivity index (χ2v) is 9.74. The molecule has 0 aliphatic carbocycles. The Morgan fingerprint density at radius 1 is 0.939 bits per heavy atom. The van der Waals surface area contributed by atoms with Crippen LogP contribution in [0.1, 0.15) is 29.2 Å². The van der Waals surface area contributed by atoms with Crippen LogP contribution >= 0.6 is 0 Å². The van der Waals surface area contributed by atoms with Gasteiger partial charge in [-0.05, 0) is 71.8 Å². The minimum Gasteiger partial charge on any atom is -0.497 e. The molecule has 0 N–H and O–H groups in total. The van der Waals surface area contributed by atoms with Crippen molar-refractivity contribution in [3.8, 4) is 5.75 Å². The molecule has 0 bridgehead atoms. The number of ether oxygens (including phenoxy) is 1. The Morgan fingerprint density at radius 3 is 2.06 bits per heavy atom. The summed E-state index contributed by atoms with van der Waals surface area (Å²) in [6.07, 6.45) is -2.82. The van der Waals surface area contributed by atoms with Crippen LogP contribution in [0.5, 0.6) is 5.75 Å². The summed E-state index contributed by atoms with van der Waals surface area (Å²) in [6.45, 7) is 0. The lowest BCUT2D eigenvalue weighted by Crippen LogP contribution is -2.19. The predicted octanol–water partition coefficient (Wildman–Crippen LogP) is 5.47. The molecule has 172 valence electrons. The highest BCUT2D eigenvalue weighted by Gasteiger charge is 2.33. The van der Waals surface area contributed by atoms with Gasteiger partial charge < -0.3 is 4.74 Å². The van der Waals surface area contributed by atoms with Gasteiger partial charge in [0.05, 0.1) is 35.0 Å². The van der Waals surface area contributed by atoms with Gasteiger partial charge in [0.25, 0.3) is 0 Å². The van der Waals surface area contributed by atoms with Crippen molar-refractivity contribution in [2.24, 2.45) is 5.10 Å². The Labute approximate surface area is 190 Å². The molecule has 0 amide bonds. The molecule has 0 saturated heterocycles. The van der Waals surface area contributed by atoms with Crippen LogP contribution in [0.4, 0.5) is 18.9 Å². The molecule has 3 aromatic rings. The SMILES string of the molecule is COc1ccc(C2=NN(c3ccc(S(C)(=O)=O)cc3)C(c3ccc(C(F)(F)F)cc3)C2)cc1. The van der Waals surface area contributed by atoms with E-state index in [-0.39, 0.29) is 10.9 Å². The predicted molar refractivity (Wildman–Crippen MR) is 120 cm³/mol. The Hall–Kier alpha value is -3.33. The minimum atomic E-state index is -4.42. The molecule has 1 heterocycles. The summed E-state index contributed by atoms with van der Waals surface area (Å²) in [5.74, 6) is 0.699. The van der Waals surface area contributed by atoms with E-state index in [1.54, 1.807) is 24.3 Å². The molecule has 0 saturated carbocycles. The van der Waals surface area contributed by atoms with E-state index in [9.17, 15) is 21.6 Å². The zero-order valence-electron chi connectivity index (χ0n) is 17.9. The van der Waals surface area contributed by atoms with Crippen molar-refractivity contribution in [3.05, 3.63) is 89.5 Å². The highest BCUT2D eigenvalue weighted by atomic mass is 32.2. The van der Waals surface area contributed by atoms with Crippen molar-refractivity contribution in [3.63, 3.8) is 0 Å². The molecule has 1 aliphatic rings. The molecule has 33 heavy (non-hydrogen) atoms. The van der Waals surface area contributed by atoms with Crippen molar-refractivity contribution >= 4 is 21.2 Å². The summed E-state index contributed by atoms with van der Waals surface area (Å²) in [5.41, 5.74) is 2.21. The first-order chi connectivity index (χ1) is 15.6. The quantitative estimate of drug-likeness (QED) is 0.492. The third kappa shape index (κ3) is 4.88. The molecule has 0 aromatic heterocycles. The van der Waals surface area contributed by atoms with Crippen LogP contribution in [-0.2, 0) is 16.0 Å². The standard InChI is InChI=1S/C24H21F3N2O3S/c1-32-20-11-5-16(6-12-20)22-15-23(17-3-7-18(8-4-17)24(25,26)27)29(28-22)19-9-13-21(14-10-19)33(2,30)31/h3-14,23H,15H2,1-2H3. The van der Waals surface area contributed by atoms with Gasteiger partial charge in [0.15, 0.2) is 9.84 Å². The van der Waals surface area contributed by atoms with Crippen LogP contribution in [-0.4, -0.2) is 27.5 Å². The smallest absolute Gasteiger partial charge is 0.416 e. The molecule has 5 nitrogen and oxygen atoms in total. The molecular formula is C24H21F3N2O3S. The first kappa shape index (κ1) is 22.8. The van der Waals surface area contributed by atoms with Crippen LogP contribution in [0.25, 0.3) is 0 Å². The second-order valence-electron chi connectivity index (χ2n) is 7.73. The fourth-order valence-electron chi connectivity index (χ4n) is 3.71. The number of sulfone groups is 1. The largest absolute Gasteiger partial charge is 0.497 e. The van der Waals surface area contributed by atoms with Crippen LogP contribution < -0.4 is 9.75 Å². The summed E-state index contributed by atoms with van der Waals surface area (Å²) in [4.78, 5) is 0.177. The average molecular weight is 475 g/mol. The van der Waals surface area contributed by atoms with E-state index in [1.807, 2.05) is 24.3 Å². The van der Waals surface area contributed by atoms with Gasteiger partial charge in [0.2, 0.25) is 0 Å². The molecule has 3 aromatic carbocycles. The summed E-state index contributed by atoms with van der Waals surface area (Å²) >= 11 is 0. The normalized spacial score (nSPS) is 16.6. The first-order valence-corrected chi connectivity index (χ1v) is 11.9. The molecule has 1 atom stereocenters. The summed E-state index contributed by atoms with van der Waals surface area (Å²) in [5, 5.41) is 6.46. The van der Waals surface area contributed by atoms with Crippen molar-refractivity contribution < 1.29 is 26.3 Å². The second kappa shape index (κ2) is 8.55. The van der Waals surface area contributed by atoms with E-state index in [0.717, 1.165) is 29.7 Å². The lowest BCUT2D eigenvalue weighted by molar-refractivity contribution is -0.137. The molecule has 1 unspecified atom stereocenters. The zero-order chi connectivity index (χ0) is 23.8. The number of hydrazone groups is 1. The lowest BCUT2D eigenvalue weighted by atomic mass is 9.97. The van der Waals surface area contributed by atoms with E-state index in [1.165, 1.54) is 24.3 Å². The molecule has 9 heteroatoms. The van der Waals surface area contributed by atoms with Gasteiger partial charge in [-0.3, -0.25) is 5.01 Å². The van der Waals surface area contributed by atoms with Gasteiger partial charge in [-0.25, -0.2) is 8.42 Å². The fourth-order valence-corrected chi connectivity index (χ4v) is 4.34. The Balaban J connectivity index is 1.72. The van der Waals surface area contributed by atoms with Gasteiger partial charge in [-0.2, -0.15) is 18.3 Å². The number of anilines is 1. The molecule has 0 spiro atoms. The Bertz CT molecular complexity index is 1270. The molecule has 4 rings (SSSR count). The van der Waals surface area contributed by atoms with Crippen molar-refractivity contribution in [1.29, 1.82) is 0 Å². The monoisotopic (exact) mass is 474 g/mol. The average Bonchev–Trinajstić information content (AvgIpc) is 3.24. The van der Waals surface area contributed by atoms with Crippen LogP contribution in [0.3, 0.4) is 0 Å². The van der Waals surface area contributed by atoms with Gasteiger partial charge in [-0.15, -0.1) is 0 Å². The fraction of sp³-hybridized carbons (Fsp3) is 0.208. The number of hydrogen-bond donors (Lipinski definition) is 0. The van der Waals surface area contributed by atoms with Crippen molar-refractivity contribution in [2.45, 2.75) is 23.5 Å². The Morgan fingerprint density at radius 2 is 1.55 bits per heavy atom. The summed E-state index contributed by atoms with van der Waals surface area (Å²) < 4.78 is 67.9.